The molecule has 3 heterocycles. The first-order valence-electron chi connectivity index (χ1n) is 7.60. The number of fused-ring (bicyclic) bond motifs is 3. The molecule has 24 heavy (non-hydrogen) atoms. The summed E-state index contributed by atoms with van der Waals surface area (Å²) in [6.45, 7) is 9.08. The average Bonchev–Trinajstić information content (AvgIpc) is 3.02. The molecular weight excluding hydrogens is 310 g/mol. The number of nitrogens with zero attached hydrogens (tertiary/aromatic N) is 5. The highest BCUT2D eigenvalue weighted by Crippen LogP contribution is 2.16. The van der Waals surface area contributed by atoms with E-state index in [1.807, 2.05) is 11.5 Å². The number of imidazole rings is 2. The van der Waals surface area contributed by atoms with Crippen molar-refractivity contribution in [3.63, 3.8) is 0 Å². The third kappa shape index (κ3) is 1.99. The number of carbonyl (C=O) groups excluding carboxylic acids is 1. The number of Topliss-reactive ketones (excluding diaryl/α,β-unsaturated/α-hetero) is 1. The predicted molar refractivity (Wildman–Crippen MR) is 90.5 cm³/mol. The molecule has 0 N–H and O–H groups in total. The summed E-state index contributed by atoms with van der Waals surface area (Å²) in [5.74, 6) is 0.303. The van der Waals surface area contributed by atoms with Crippen molar-refractivity contribution in [3.05, 3.63) is 45.4 Å². The second kappa shape index (κ2) is 5.33. The second-order valence-corrected chi connectivity index (χ2v) is 5.93. The summed E-state index contributed by atoms with van der Waals surface area (Å²) in [7, 11) is 1.55. The third-order valence-corrected chi connectivity index (χ3v) is 4.38. The van der Waals surface area contributed by atoms with E-state index in [2.05, 4.69) is 11.6 Å². The van der Waals surface area contributed by atoms with E-state index in [0.29, 0.717) is 18.0 Å². The van der Waals surface area contributed by atoms with Gasteiger partial charge >= 0.3 is 5.69 Å². The molecule has 0 saturated heterocycles. The molecule has 1 atom stereocenters. The van der Waals surface area contributed by atoms with Crippen molar-refractivity contribution < 1.29 is 4.79 Å². The number of aromatic nitrogens is 5. The number of hydrogen-bond acceptors (Lipinski definition) is 4. The molecule has 0 radical (unpaired) electrons. The Balaban J connectivity index is 2.52. The Morgan fingerprint density at radius 2 is 2.08 bits per heavy atom. The number of rotatable bonds is 4. The maximum Gasteiger partial charge on any atom is 0.333 e. The molecule has 3 aromatic rings. The highest BCUT2D eigenvalue weighted by atomic mass is 16.2. The molecule has 8 nitrogen and oxygen atoms in total. The third-order valence-electron chi connectivity index (χ3n) is 4.38. The molecule has 3 rings (SSSR count). The summed E-state index contributed by atoms with van der Waals surface area (Å²) in [4.78, 5) is 41.6. The lowest BCUT2D eigenvalue weighted by Crippen LogP contribution is -2.42. The normalized spacial score (nSPS) is 12.8. The maximum absolute atomic E-state index is 12.9. The second-order valence-electron chi connectivity index (χ2n) is 5.93. The fourth-order valence-corrected chi connectivity index (χ4v) is 2.90. The van der Waals surface area contributed by atoms with E-state index in [9.17, 15) is 14.4 Å². The molecule has 0 unspecified atom stereocenters. The monoisotopic (exact) mass is 329 g/mol. The van der Waals surface area contributed by atoms with E-state index in [1.54, 1.807) is 30.6 Å². The summed E-state index contributed by atoms with van der Waals surface area (Å²) < 4.78 is 5.85. The van der Waals surface area contributed by atoms with Gasteiger partial charge in [0.1, 0.15) is 0 Å². The zero-order chi connectivity index (χ0) is 17.8. The van der Waals surface area contributed by atoms with Crippen molar-refractivity contribution >= 4 is 22.7 Å². The van der Waals surface area contributed by atoms with Crippen LogP contribution in [0.15, 0.2) is 28.4 Å². The summed E-state index contributed by atoms with van der Waals surface area (Å²) >= 11 is 0. The standard InChI is InChI=1S/C16H19N5O3/c1-6-7-19-9(2)8-20-12-13(17-15(19)20)18(5)16(24)21(14(12)23)10(3)11(4)22/h6,8,10H,1,7H2,2-5H3/t10-/m1/s1. The van der Waals surface area contributed by atoms with Crippen molar-refractivity contribution in [1.29, 1.82) is 0 Å². The lowest BCUT2D eigenvalue weighted by Gasteiger charge is -2.12. The number of hydrogen-bond donors (Lipinski definition) is 0. The highest BCUT2D eigenvalue weighted by molar-refractivity contribution is 5.80. The van der Waals surface area contributed by atoms with Gasteiger partial charge in [-0.05, 0) is 20.8 Å². The van der Waals surface area contributed by atoms with Crippen LogP contribution in [-0.2, 0) is 18.4 Å². The zero-order valence-corrected chi connectivity index (χ0v) is 14.1. The fraction of sp³-hybridized carbons (Fsp3) is 0.375. The molecule has 3 aromatic heterocycles. The minimum Gasteiger partial charge on any atom is -0.310 e. The van der Waals surface area contributed by atoms with Crippen LogP contribution in [0.1, 0.15) is 25.6 Å². The summed E-state index contributed by atoms with van der Waals surface area (Å²) in [6.07, 6.45) is 3.53. The van der Waals surface area contributed by atoms with E-state index >= 15 is 0 Å². The number of ketones is 1. The van der Waals surface area contributed by atoms with Gasteiger partial charge in [-0.25, -0.2) is 9.36 Å². The molecule has 0 spiro atoms. The minimum absolute atomic E-state index is 0.255. The Kier molecular flexibility index (Phi) is 3.55. The molecule has 0 aromatic carbocycles. The first-order chi connectivity index (χ1) is 11.3. The van der Waals surface area contributed by atoms with E-state index < -0.39 is 17.3 Å². The van der Waals surface area contributed by atoms with Crippen LogP contribution in [-0.4, -0.2) is 28.9 Å². The predicted octanol–water partition coefficient (Wildman–Crippen LogP) is 0.794. The Labute approximate surface area is 137 Å². The van der Waals surface area contributed by atoms with Crippen LogP contribution in [0.25, 0.3) is 16.9 Å². The van der Waals surface area contributed by atoms with Gasteiger partial charge < -0.3 is 4.57 Å². The Hall–Kier alpha value is -2.90. The topological polar surface area (TPSA) is 83.3 Å². The molecule has 0 saturated carbocycles. The lowest BCUT2D eigenvalue weighted by atomic mass is 10.2. The van der Waals surface area contributed by atoms with Gasteiger partial charge in [-0.1, -0.05) is 6.08 Å². The van der Waals surface area contributed by atoms with Gasteiger partial charge in [-0.3, -0.25) is 18.6 Å². The molecule has 0 aliphatic rings. The molecule has 126 valence electrons. The van der Waals surface area contributed by atoms with Crippen LogP contribution in [0.5, 0.6) is 0 Å². The quantitative estimate of drug-likeness (QED) is 0.663. The fourth-order valence-electron chi connectivity index (χ4n) is 2.90. The number of aryl methyl sites for hydroxylation is 2. The van der Waals surface area contributed by atoms with Crippen molar-refractivity contribution in [1.82, 2.24) is 23.1 Å². The largest absolute Gasteiger partial charge is 0.333 e. The SMILES string of the molecule is C=CCn1c(C)cn2c3c(=O)n([C@H](C)C(C)=O)c(=O)n(C)c3nc12. The first-order valence-corrected chi connectivity index (χ1v) is 7.60. The molecular formula is C16H19N5O3. The smallest absolute Gasteiger partial charge is 0.310 e. The Morgan fingerprint density at radius 1 is 1.42 bits per heavy atom. The van der Waals surface area contributed by atoms with Crippen LogP contribution in [0, 0.1) is 6.92 Å². The molecule has 0 aliphatic carbocycles. The minimum atomic E-state index is -0.831. The summed E-state index contributed by atoms with van der Waals surface area (Å²) in [6, 6.07) is -0.831. The Morgan fingerprint density at radius 3 is 2.67 bits per heavy atom. The van der Waals surface area contributed by atoms with Gasteiger partial charge in [-0.15, -0.1) is 6.58 Å². The summed E-state index contributed by atoms with van der Waals surface area (Å²) in [5.41, 5.74) is 0.427. The van der Waals surface area contributed by atoms with Gasteiger partial charge in [0.15, 0.2) is 16.9 Å². The van der Waals surface area contributed by atoms with Crippen LogP contribution in [0.2, 0.25) is 0 Å². The molecule has 8 heteroatoms. The number of carbonyl (C=O) groups is 1. The lowest BCUT2D eigenvalue weighted by molar-refractivity contribution is -0.119. The van der Waals surface area contributed by atoms with Crippen molar-refractivity contribution in [2.75, 3.05) is 0 Å². The van der Waals surface area contributed by atoms with Crippen LogP contribution >= 0.6 is 0 Å². The van der Waals surface area contributed by atoms with E-state index in [1.165, 1.54) is 11.5 Å². The molecule has 0 fully saturated rings. The molecule has 0 aliphatic heterocycles. The van der Waals surface area contributed by atoms with Crippen LogP contribution in [0.3, 0.4) is 0 Å². The van der Waals surface area contributed by atoms with Gasteiger partial charge in [0, 0.05) is 25.5 Å². The van der Waals surface area contributed by atoms with E-state index in [-0.39, 0.29) is 11.3 Å². The number of allylic oxidation sites excluding steroid dienone is 1. The van der Waals surface area contributed by atoms with E-state index in [0.717, 1.165) is 10.3 Å². The van der Waals surface area contributed by atoms with Gasteiger partial charge in [-0.2, -0.15) is 4.98 Å². The Bertz CT molecular complexity index is 1110. The summed E-state index contributed by atoms with van der Waals surface area (Å²) in [5, 5.41) is 0. The van der Waals surface area contributed by atoms with Crippen molar-refractivity contribution in [2.45, 2.75) is 33.4 Å². The molecule has 0 bridgehead atoms. The van der Waals surface area contributed by atoms with Crippen LogP contribution in [0.4, 0.5) is 0 Å². The highest BCUT2D eigenvalue weighted by Gasteiger charge is 2.23. The van der Waals surface area contributed by atoms with Crippen LogP contribution < -0.4 is 11.2 Å². The van der Waals surface area contributed by atoms with Gasteiger partial charge in [0.2, 0.25) is 5.78 Å². The average molecular weight is 329 g/mol. The van der Waals surface area contributed by atoms with Crippen molar-refractivity contribution in [3.8, 4) is 0 Å². The first kappa shape index (κ1) is 16.0. The molecule has 0 amide bonds. The zero-order valence-electron chi connectivity index (χ0n) is 14.1. The van der Waals surface area contributed by atoms with Gasteiger partial charge in [0.05, 0.1) is 6.04 Å². The van der Waals surface area contributed by atoms with E-state index in [4.69, 9.17) is 0 Å². The van der Waals surface area contributed by atoms with Crippen molar-refractivity contribution in [2.24, 2.45) is 7.05 Å². The van der Waals surface area contributed by atoms with Gasteiger partial charge in [0.25, 0.3) is 5.56 Å². The maximum atomic E-state index is 12.9.